The van der Waals surface area contributed by atoms with Gasteiger partial charge in [0.2, 0.25) is 0 Å². The second kappa shape index (κ2) is 16.9. The Hall–Kier alpha value is -7.58. The highest BCUT2D eigenvalue weighted by Gasteiger charge is 2.21. The molecule has 0 aliphatic heterocycles. The summed E-state index contributed by atoms with van der Waals surface area (Å²) in [5.74, 6) is -0.847. The number of aromatic nitrogens is 5. The largest absolute Gasteiger partial charge is 0.493 e. The lowest BCUT2D eigenvalue weighted by molar-refractivity contribution is 0.0997. The highest BCUT2D eigenvalue weighted by Crippen LogP contribution is 2.34. The van der Waals surface area contributed by atoms with Gasteiger partial charge < -0.3 is 29.1 Å². The average Bonchev–Trinajstić information content (AvgIpc) is 3.93. The smallest absolute Gasteiger partial charge is 0.291 e. The first-order valence-corrected chi connectivity index (χ1v) is 18.8. The van der Waals surface area contributed by atoms with Crippen molar-refractivity contribution < 1.29 is 23.5 Å². The zero-order valence-electron chi connectivity index (χ0n) is 32.6. The van der Waals surface area contributed by atoms with Crippen molar-refractivity contribution in [3.8, 4) is 17.2 Å². The van der Waals surface area contributed by atoms with Crippen LogP contribution in [-0.2, 0) is 26.6 Å². The standard InChI is InChI=1S/C45H40N8O6/c1-51-38-16-13-31(22-37(38)49-50-51)27-52(26-30-7-6-8-33(21-30)53-20-18-46-28-53)19-17-29-11-14-32(15-12-29)47-44(55)35-23-41(57-2)42(58-3)24-36(35)48-45(56)43-25-39(54)34-9-4-5-10-40(34)59-43/h4-16,18,20-25,28H,17,19,26-27H2,1-3H3,(H,47,55)(H,48,56). The van der Waals surface area contributed by atoms with Crippen molar-refractivity contribution in [3.05, 3.63) is 166 Å². The fraction of sp³-hybridized carbons (Fsp3) is 0.156. The Morgan fingerprint density at radius 3 is 2.34 bits per heavy atom. The van der Waals surface area contributed by atoms with Gasteiger partial charge in [-0.1, -0.05) is 47.7 Å². The number of carbonyl (C=O) groups excluding carboxylic acids is 2. The number of amides is 2. The summed E-state index contributed by atoms with van der Waals surface area (Å²) in [6, 6.07) is 33.1. The third kappa shape index (κ3) is 8.57. The van der Waals surface area contributed by atoms with Crippen LogP contribution in [0.4, 0.5) is 11.4 Å². The summed E-state index contributed by atoms with van der Waals surface area (Å²) in [4.78, 5) is 46.5. The second-order valence-corrected chi connectivity index (χ2v) is 14.0. The first-order chi connectivity index (χ1) is 28.7. The van der Waals surface area contributed by atoms with E-state index in [0.717, 1.165) is 46.9 Å². The van der Waals surface area contributed by atoms with Gasteiger partial charge in [0.25, 0.3) is 11.8 Å². The SMILES string of the molecule is COc1cc(NC(=O)c2cc(=O)c3ccccc3o2)c(C(=O)Nc2ccc(CCN(Cc3cccc(-n4ccnc4)c3)Cc3ccc4c(c3)nnn4C)cc2)cc1OC. The van der Waals surface area contributed by atoms with Crippen LogP contribution in [0.15, 0.2) is 137 Å². The molecule has 5 aromatic carbocycles. The van der Waals surface area contributed by atoms with Crippen LogP contribution in [0.25, 0.3) is 27.7 Å². The number of carbonyl (C=O) groups is 2. The highest BCUT2D eigenvalue weighted by atomic mass is 16.5. The molecule has 0 radical (unpaired) electrons. The number of nitrogens with zero attached hydrogens (tertiary/aromatic N) is 6. The number of methoxy groups -OCH3 is 2. The van der Waals surface area contributed by atoms with Crippen molar-refractivity contribution in [1.29, 1.82) is 0 Å². The van der Waals surface area contributed by atoms with Crippen molar-refractivity contribution in [2.75, 3.05) is 31.4 Å². The molecule has 0 aliphatic carbocycles. The van der Waals surface area contributed by atoms with Crippen molar-refractivity contribution in [3.63, 3.8) is 0 Å². The Morgan fingerprint density at radius 2 is 1.56 bits per heavy atom. The number of aryl methyl sites for hydroxylation is 1. The molecule has 0 unspecified atom stereocenters. The molecular formula is C45H40N8O6. The van der Waals surface area contributed by atoms with Gasteiger partial charge in [-0.3, -0.25) is 19.3 Å². The van der Waals surface area contributed by atoms with E-state index in [4.69, 9.17) is 13.9 Å². The normalized spacial score (nSPS) is 11.3. The Labute approximate surface area is 338 Å². The molecule has 3 aromatic heterocycles. The molecule has 296 valence electrons. The fourth-order valence-electron chi connectivity index (χ4n) is 6.95. The van der Waals surface area contributed by atoms with Crippen LogP contribution in [-0.4, -0.2) is 62.0 Å². The number of benzene rings is 5. The van der Waals surface area contributed by atoms with Crippen LogP contribution in [0.3, 0.4) is 0 Å². The third-order valence-electron chi connectivity index (χ3n) is 10.0. The molecule has 2 amide bonds. The number of nitrogens with one attached hydrogen (secondary N) is 2. The maximum absolute atomic E-state index is 13.8. The lowest BCUT2D eigenvalue weighted by atomic mass is 10.1. The van der Waals surface area contributed by atoms with Crippen LogP contribution in [0.1, 0.15) is 37.6 Å². The van der Waals surface area contributed by atoms with E-state index >= 15 is 0 Å². The van der Waals surface area contributed by atoms with Crippen molar-refractivity contribution >= 4 is 45.2 Å². The molecule has 0 fully saturated rings. The Kier molecular flexibility index (Phi) is 11.0. The lowest BCUT2D eigenvalue weighted by Crippen LogP contribution is -2.25. The van der Waals surface area contributed by atoms with Gasteiger partial charge in [-0.05, 0) is 77.7 Å². The van der Waals surface area contributed by atoms with E-state index in [2.05, 4.69) is 73.3 Å². The van der Waals surface area contributed by atoms with E-state index in [-0.39, 0.29) is 39.5 Å². The quantitative estimate of drug-likeness (QED) is 0.117. The topological polar surface area (TPSA) is 159 Å². The Morgan fingerprint density at radius 1 is 0.797 bits per heavy atom. The molecule has 0 saturated carbocycles. The third-order valence-corrected chi connectivity index (χ3v) is 10.0. The molecule has 0 aliphatic rings. The lowest BCUT2D eigenvalue weighted by Gasteiger charge is -2.23. The molecule has 0 atom stereocenters. The maximum atomic E-state index is 13.8. The Balaban J connectivity index is 0.982. The van der Waals surface area contributed by atoms with Crippen LogP contribution in [0.5, 0.6) is 11.5 Å². The number of hydrogen-bond donors (Lipinski definition) is 2. The van der Waals surface area contributed by atoms with Gasteiger partial charge in [-0.15, -0.1) is 5.10 Å². The van der Waals surface area contributed by atoms with Crippen molar-refractivity contribution in [2.45, 2.75) is 19.5 Å². The van der Waals surface area contributed by atoms with E-state index in [1.807, 2.05) is 42.1 Å². The van der Waals surface area contributed by atoms with Gasteiger partial charge in [-0.2, -0.15) is 0 Å². The second-order valence-electron chi connectivity index (χ2n) is 14.0. The number of anilines is 2. The summed E-state index contributed by atoms with van der Waals surface area (Å²) in [6.07, 6.45) is 6.24. The minimum Gasteiger partial charge on any atom is -0.493 e. The zero-order valence-corrected chi connectivity index (χ0v) is 32.6. The summed E-state index contributed by atoms with van der Waals surface area (Å²) in [7, 11) is 4.79. The predicted octanol–water partition coefficient (Wildman–Crippen LogP) is 7.03. The van der Waals surface area contributed by atoms with Gasteiger partial charge in [-0.25, -0.2) is 9.67 Å². The van der Waals surface area contributed by atoms with E-state index in [0.29, 0.717) is 24.2 Å². The molecule has 8 aromatic rings. The maximum Gasteiger partial charge on any atom is 0.291 e. The zero-order chi connectivity index (χ0) is 40.9. The first kappa shape index (κ1) is 38.3. The molecule has 0 spiro atoms. The summed E-state index contributed by atoms with van der Waals surface area (Å²) in [5.41, 5.74) is 6.95. The van der Waals surface area contributed by atoms with Crippen LogP contribution < -0.4 is 25.5 Å². The number of fused-ring (bicyclic) bond motifs is 2. The molecule has 8 rings (SSSR count). The highest BCUT2D eigenvalue weighted by molar-refractivity contribution is 6.12. The molecule has 14 nitrogen and oxygen atoms in total. The molecule has 2 N–H and O–H groups in total. The summed E-state index contributed by atoms with van der Waals surface area (Å²) < 4.78 is 20.4. The van der Waals surface area contributed by atoms with Gasteiger partial charge >= 0.3 is 0 Å². The van der Waals surface area contributed by atoms with E-state index in [9.17, 15) is 14.4 Å². The van der Waals surface area contributed by atoms with E-state index < -0.39 is 11.8 Å². The molecule has 14 heteroatoms. The molecule has 3 heterocycles. The van der Waals surface area contributed by atoms with Crippen LogP contribution >= 0.6 is 0 Å². The fourth-order valence-corrected chi connectivity index (χ4v) is 6.95. The summed E-state index contributed by atoms with van der Waals surface area (Å²) >= 11 is 0. The van der Waals surface area contributed by atoms with Gasteiger partial charge in [0.1, 0.15) is 11.1 Å². The number of rotatable bonds is 14. The molecule has 59 heavy (non-hydrogen) atoms. The first-order valence-electron chi connectivity index (χ1n) is 18.8. The Bertz CT molecular complexity index is 2850. The number of ether oxygens (including phenoxy) is 2. The number of hydrogen-bond acceptors (Lipinski definition) is 10. The van der Waals surface area contributed by atoms with Gasteiger partial charge in [0, 0.05) is 62.6 Å². The van der Waals surface area contributed by atoms with E-state index in [1.54, 1.807) is 41.5 Å². The molecular weight excluding hydrogens is 749 g/mol. The van der Waals surface area contributed by atoms with E-state index in [1.165, 1.54) is 31.9 Å². The average molecular weight is 789 g/mol. The number of para-hydroxylation sites is 1. The van der Waals surface area contributed by atoms with Crippen LogP contribution in [0, 0.1) is 0 Å². The monoisotopic (exact) mass is 788 g/mol. The van der Waals surface area contributed by atoms with Crippen molar-refractivity contribution in [1.82, 2.24) is 29.4 Å². The summed E-state index contributed by atoms with van der Waals surface area (Å²) in [5, 5.41) is 14.5. The molecule has 0 bridgehead atoms. The van der Waals surface area contributed by atoms with Gasteiger partial charge in [0.15, 0.2) is 22.7 Å². The van der Waals surface area contributed by atoms with Gasteiger partial charge in [0.05, 0.1) is 42.7 Å². The minimum atomic E-state index is -0.715. The van der Waals surface area contributed by atoms with Crippen LogP contribution in [0.2, 0.25) is 0 Å². The molecule has 0 saturated heterocycles. The predicted molar refractivity (Wildman–Crippen MR) is 224 cm³/mol. The van der Waals surface area contributed by atoms with Crippen molar-refractivity contribution in [2.24, 2.45) is 7.05 Å². The minimum absolute atomic E-state index is 0.107. The summed E-state index contributed by atoms with van der Waals surface area (Å²) in [6.45, 7) is 2.17. The number of imidazole rings is 1.